The molecule has 1 aromatic rings. The SMILES string of the molecule is CCC1CCN(c2nc(N)ncc2F)C1. The highest BCUT2D eigenvalue weighted by molar-refractivity contribution is 5.43. The fraction of sp³-hybridized carbons (Fsp3) is 0.600. The van der Waals surface area contributed by atoms with E-state index in [1.807, 2.05) is 4.90 Å². The summed E-state index contributed by atoms with van der Waals surface area (Å²) in [6, 6.07) is 0. The van der Waals surface area contributed by atoms with Gasteiger partial charge in [-0.1, -0.05) is 13.3 Å². The van der Waals surface area contributed by atoms with E-state index in [1.165, 1.54) is 0 Å². The third kappa shape index (κ3) is 2.00. The first-order chi connectivity index (χ1) is 7.20. The van der Waals surface area contributed by atoms with Gasteiger partial charge in [-0.15, -0.1) is 0 Å². The summed E-state index contributed by atoms with van der Waals surface area (Å²) >= 11 is 0. The van der Waals surface area contributed by atoms with E-state index < -0.39 is 0 Å². The van der Waals surface area contributed by atoms with Gasteiger partial charge in [0, 0.05) is 13.1 Å². The molecule has 1 aliphatic rings. The van der Waals surface area contributed by atoms with Gasteiger partial charge in [0.1, 0.15) is 0 Å². The lowest BCUT2D eigenvalue weighted by Crippen LogP contribution is -2.22. The molecule has 1 atom stereocenters. The van der Waals surface area contributed by atoms with E-state index >= 15 is 0 Å². The Bertz CT molecular complexity index is 355. The lowest BCUT2D eigenvalue weighted by atomic mass is 10.1. The van der Waals surface area contributed by atoms with E-state index in [0.29, 0.717) is 11.7 Å². The number of hydrogen-bond donors (Lipinski definition) is 1. The van der Waals surface area contributed by atoms with Gasteiger partial charge in [-0.3, -0.25) is 0 Å². The second-order valence-electron chi connectivity index (χ2n) is 3.91. The Morgan fingerprint density at radius 3 is 3.13 bits per heavy atom. The molecule has 0 bridgehead atoms. The third-order valence-electron chi connectivity index (χ3n) is 2.91. The normalized spacial score (nSPS) is 20.9. The fourth-order valence-electron chi connectivity index (χ4n) is 1.95. The van der Waals surface area contributed by atoms with Crippen LogP contribution in [-0.4, -0.2) is 23.1 Å². The Hall–Kier alpha value is -1.39. The quantitative estimate of drug-likeness (QED) is 0.802. The molecule has 2 rings (SSSR count). The van der Waals surface area contributed by atoms with E-state index in [4.69, 9.17) is 5.73 Å². The first-order valence-electron chi connectivity index (χ1n) is 5.23. The van der Waals surface area contributed by atoms with Crippen LogP contribution >= 0.6 is 0 Å². The highest BCUT2D eigenvalue weighted by atomic mass is 19.1. The number of hydrogen-bond acceptors (Lipinski definition) is 4. The van der Waals surface area contributed by atoms with E-state index in [1.54, 1.807) is 0 Å². The van der Waals surface area contributed by atoms with Crippen molar-refractivity contribution in [3.05, 3.63) is 12.0 Å². The van der Waals surface area contributed by atoms with Crippen molar-refractivity contribution < 1.29 is 4.39 Å². The summed E-state index contributed by atoms with van der Waals surface area (Å²) in [4.78, 5) is 9.50. The summed E-state index contributed by atoms with van der Waals surface area (Å²) < 4.78 is 13.4. The molecule has 1 saturated heterocycles. The molecule has 2 N–H and O–H groups in total. The minimum Gasteiger partial charge on any atom is -0.368 e. The molecule has 0 aliphatic carbocycles. The summed E-state index contributed by atoms with van der Waals surface area (Å²) in [5.41, 5.74) is 5.45. The van der Waals surface area contributed by atoms with Gasteiger partial charge in [-0.25, -0.2) is 9.37 Å². The molecule has 1 fully saturated rings. The molecule has 0 radical (unpaired) electrons. The van der Waals surface area contributed by atoms with Crippen LogP contribution in [0.4, 0.5) is 16.2 Å². The molecule has 5 heteroatoms. The van der Waals surface area contributed by atoms with E-state index in [0.717, 1.165) is 32.1 Å². The zero-order valence-corrected chi connectivity index (χ0v) is 8.78. The van der Waals surface area contributed by atoms with Gasteiger partial charge >= 0.3 is 0 Å². The molecule has 1 aliphatic heterocycles. The van der Waals surface area contributed by atoms with Crippen LogP contribution < -0.4 is 10.6 Å². The predicted octanol–water partition coefficient (Wildman–Crippen LogP) is 1.43. The van der Waals surface area contributed by atoms with Gasteiger partial charge in [-0.2, -0.15) is 4.98 Å². The molecule has 82 valence electrons. The lowest BCUT2D eigenvalue weighted by Gasteiger charge is -2.17. The standard InChI is InChI=1S/C10H15FN4/c1-2-7-3-4-15(6-7)9-8(11)5-13-10(12)14-9/h5,7H,2-4,6H2,1H3,(H2,12,13,14). The van der Waals surface area contributed by atoms with Gasteiger partial charge in [0.2, 0.25) is 5.95 Å². The summed E-state index contributed by atoms with van der Waals surface area (Å²) in [6.07, 6.45) is 3.36. The number of halogens is 1. The number of aromatic nitrogens is 2. The molecule has 0 aromatic carbocycles. The third-order valence-corrected chi connectivity index (χ3v) is 2.91. The molecule has 1 unspecified atom stereocenters. The number of nitrogens with two attached hydrogens (primary N) is 1. The van der Waals surface area contributed by atoms with E-state index in [9.17, 15) is 4.39 Å². The van der Waals surface area contributed by atoms with Crippen molar-refractivity contribution in [2.45, 2.75) is 19.8 Å². The minimum atomic E-state index is -0.388. The molecular weight excluding hydrogens is 195 g/mol. The zero-order valence-electron chi connectivity index (χ0n) is 8.78. The van der Waals surface area contributed by atoms with Crippen LogP contribution in [0.1, 0.15) is 19.8 Å². The molecule has 4 nitrogen and oxygen atoms in total. The van der Waals surface area contributed by atoms with Gasteiger partial charge < -0.3 is 10.6 Å². The maximum Gasteiger partial charge on any atom is 0.222 e. The van der Waals surface area contributed by atoms with Gasteiger partial charge in [0.05, 0.1) is 6.20 Å². The Kier molecular flexibility index (Phi) is 2.70. The van der Waals surface area contributed by atoms with Crippen LogP contribution in [-0.2, 0) is 0 Å². The number of nitrogen functional groups attached to an aromatic ring is 1. The van der Waals surface area contributed by atoms with E-state index in [2.05, 4.69) is 16.9 Å². The Morgan fingerprint density at radius 1 is 1.67 bits per heavy atom. The second kappa shape index (κ2) is 4.00. The minimum absolute atomic E-state index is 0.131. The molecular formula is C10H15FN4. The molecule has 0 spiro atoms. The molecule has 2 heterocycles. The van der Waals surface area contributed by atoms with Gasteiger partial charge in [0.25, 0.3) is 0 Å². The Morgan fingerprint density at radius 2 is 2.47 bits per heavy atom. The summed E-state index contributed by atoms with van der Waals surface area (Å²) in [7, 11) is 0. The first kappa shape index (κ1) is 10.1. The van der Waals surface area contributed by atoms with Crippen molar-refractivity contribution in [3.63, 3.8) is 0 Å². The summed E-state index contributed by atoms with van der Waals surface area (Å²) in [5, 5.41) is 0. The van der Waals surface area contributed by atoms with Crippen molar-refractivity contribution in [1.82, 2.24) is 9.97 Å². The average Bonchev–Trinajstić information content (AvgIpc) is 2.70. The lowest BCUT2D eigenvalue weighted by molar-refractivity contribution is 0.565. The van der Waals surface area contributed by atoms with Crippen LogP contribution in [0.2, 0.25) is 0 Å². The summed E-state index contributed by atoms with van der Waals surface area (Å²) in [5.74, 6) is 0.728. The first-order valence-corrected chi connectivity index (χ1v) is 5.23. The maximum atomic E-state index is 13.4. The predicted molar refractivity (Wildman–Crippen MR) is 57.0 cm³/mol. The summed E-state index contributed by atoms with van der Waals surface area (Å²) in [6.45, 7) is 3.87. The average molecular weight is 210 g/mol. The largest absolute Gasteiger partial charge is 0.368 e. The topological polar surface area (TPSA) is 55.0 Å². The van der Waals surface area contributed by atoms with Gasteiger partial charge in [0.15, 0.2) is 11.6 Å². The van der Waals surface area contributed by atoms with Crippen LogP contribution in [0.25, 0.3) is 0 Å². The van der Waals surface area contributed by atoms with Crippen molar-refractivity contribution in [2.24, 2.45) is 5.92 Å². The van der Waals surface area contributed by atoms with Crippen molar-refractivity contribution in [2.75, 3.05) is 23.7 Å². The highest BCUT2D eigenvalue weighted by Gasteiger charge is 2.24. The zero-order chi connectivity index (χ0) is 10.8. The number of rotatable bonds is 2. The Balaban J connectivity index is 2.19. The van der Waals surface area contributed by atoms with Crippen LogP contribution in [0, 0.1) is 11.7 Å². The van der Waals surface area contributed by atoms with Crippen LogP contribution in [0.15, 0.2) is 6.20 Å². The monoisotopic (exact) mass is 210 g/mol. The Labute approximate surface area is 88.3 Å². The second-order valence-corrected chi connectivity index (χ2v) is 3.91. The van der Waals surface area contributed by atoms with Crippen LogP contribution in [0.5, 0.6) is 0 Å². The van der Waals surface area contributed by atoms with Crippen molar-refractivity contribution in [1.29, 1.82) is 0 Å². The smallest absolute Gasteiger partial charge is 0.222 e. The van der Waals surface area contributed by atoms with Crippen molar-refractivity contribution in [3.8, 4) is 0 Å². The molecule has 1 aromatic heterocycles. The van der Waals surface area contributed by atoms with Gasteiger partial charge in [-0.05, 0) is 12.3 Å². The molecule has 15 heavy (non-hydrogen) atoms. The maximum absolute atomic E-state index is 13.4. The fourth-order valence-corrected chi connectivity index (χ4v) is 1.95. The number of anilines is 2. The van der Waals surface area contributed by atoms with E-state index in [-0.39, 0.29) is 11.8 Å². The number of nitrogens with zero attached hydrogens (tertiary/aromatic N) is 3. The molecule has 0 amide bonds. The van der Waals surface area contributed by atoms with Crippen LogP contribution in [0.3, 0.4) is 0 Å². The van der Waals surface area contributed by atoms with Crippen molar-refractivity contribution >= 4 is 11.8 Å². The molecule has 0 saturated carbocycles. The highest BCUT2D eigenvalue weighted by Crippen LogP contribution is 2.25.